The highest BCUT2D eigenvalue weighted by atomic mass is 19.1. The number of phenols is 1. The molecule has 4 nitrogen and oxygen atoms in total. The number of ether oxygens (including phenoxy) is 2. The van der Waals surface area contributed by atoms with Crippen LogP contribution in [0, 0.1) is 5.82 Å². The second-order valence-electron chi connectivity index (χ2n) is 6.66. The molecule has 0 aromatic heterocycles. The lowest BCUT2D eigenvalue weighted by molar-refractivity contribution is 0.0597. The third kappa shape index (κ3) is 4.88. The highest BCUT2D eigenvalue weighted by molar-refractivity contribution is 5.98. The van der Waals surface area contributed by atoms with Crippen molar-refractivity contribution in [2.45, 2.75) is 38.2 Å². The summed E-state index contributed by atoms with van der Waals surface area (Å²) in [4.78, 5) is 12.1. The largest absolute Gasteiger partial charge is 0.507 e. The maximum atomic E-state index is 13.1. The fourth-order valence-electron chi connectivity index (χ4n) is 3.28. The van der Waals surface area contributed by atoms with E-state index >= 15 is 0 Å². The predicted molar refractivity (Wildman–Crippen MR) is 102 cm³/mol. The molecule has 2 aromatic rings. The number of rotatable bonds is 5. The van der Waals surface area contributed by atoms with Gasteiger partial charge in [-0.3, -0.25) is 0 Å². The van der Waals surface area contributed by atoms with Gasteiger partial charge >= 0.3 is 5.97 Å². The number of hydrogen-bond acceptors (Lipinski definition) is 4. The highest BCUT2D eigenvalue weighted by Crippen LogP contribution is 2.32. The Morgan fingerprint density at radius 2 is 1.81 bits per heavy atom. The molecule has 0 saturated heterocycles. The van der Waals surface area contributed by atoms with Crippen LogP contribution < -0.4 is 4.74 Å². The summed E-state index contributed by atoms with van der Waals surface area (Å²) >= 11 is 0. The van der Waals surface area contributed by atoms with Gasteiger partial charge in [0.15, 0.2) is 0 Å². The van der Waals surface area contributed by atoms with Gasteiger partial charge in [0, 0.05) is 6.07 Å². The van der Waals surface area contributed by atoms with Gasteiger partial charge in [-0.25, -0.2) is 9.18 Å². The van der Waals surface area contributed by atoms with Crippen LogP contribution in [0.4, 0.5) is 4.39 Å². The SMILES string of the molecule is COC(=O)c1c(O)cc(OC2CCCCC2)cc1/C=C/c1ccc(F)cc1. The molecule has 0 heterocycles. The number of benzene rings is 2. The van der Waals surface area contributed by atoms with Gasteiger partial charge < -0.3 is 14.6 Å². The van der Waals surface area contributed by atoms with Crippen LogP contribution in [0.1, 0.15) is 53.6 Å². The molecule has 0 atom stereocenters. The molecule has 1 N–H and O–H groups in total. The first-order valence-corrected chi connectivity index (χ1v) is 9.12. The van der Waals surface area contributed by atoms with Crippen LogP contribution in [0.25, 0.3) is 12.2 Å². The molecule has 1 saturated carbocycles. The van der Waals surface area contributed by atoms with E-state index in [-0.39, 0.29) is 23.2 Å². The number of methoxy groups -OCH3 is 1. The zero-order valence-electron chi connectivity index (χ0n) is 15.3. The Balaban J connectivity index is 1.92. The molecular weight excluding hydrogens is 347 g/mol. The van der Waals surface area contributed by atoms with Gasteiger partial charge in [0.25, 0.3) is 0 Å². The van der Waals surface area contributed by atoms with Gasteiger partial charge in [-0.15, -0.1) is 0 Å². The minimum absolute atomic E-state index is 0.0758. The van der Waals surface area contributed by atoms with Crippen molar-refractivity contribution < 1.29 is 23.8 Å². The van der Waals surface area contributed by atoms with E-state index in [2.05, 4.69) is 0 Å². The molecule has 5 heteroatoms. The van der Waals surface area contributed by atoms with Crippen LogP contribution in [0.15, 0.2) is 36.4 Å². The van der Waals surface area contributed by atoms with Gasteiger partial charge in [0.1, 0.15) is 22.9 Å². The molecule has 142 valence electrons. The number of carbonyl (C=O) groups is 1. The Bertz CT molecular complexity index is 821. The van der Waals surface area contributed by atoms with Gasteiger partial charge in [0.2, 0.25) is 0 Å². The zero-order chi connectivity index (χ0) is 19.2. The quantitative estimate of drug-likeness (QED) is 0.581. The second kappa shape index (κ2) is 8.71. The lowest BCUT2D eigenvalue weighted by atomic mass is 9.97. The van der Waals surface area contributed by atoms with Gasteiger partial charge in [-0.2, -0.15) is 0 Å². The monoisotopic (exact) mass is 370 g/mol. The van der Waals surface area contributed by atoms with E-state index < -0.39 is 5.97 Å². The summed E-state index contributed by atoms with van der Waals surface area (Å²) in [5.74, 6) is -0.613. The molecule has 0 amide bonds. The molecule has 0 unspecified atom stereocenters. The third-order valence-electron chi connectivity index (χ3n) is 4.69. The summed E-state index contributed by atoms with van der Waals surface area (Å²) in [6.45, 7) is 0. The summed E-state index contributed by atoms with van der Waals surface area (Å²) in [6.07, 6.45) is 9.01. The Kier molecular flexibility index (Phi) is 6.12. The van der Waals surface area contributed by atoms with Crippen molar-refractivity contribution in [3.63, 3.8) is 0 Å². The Hall–Kier alpha value is -2.82. The Morgan fingerprint density at radius 1 is 1.11 bits per heavy atom. The standard InChI is InChI=1S/C22H23FO4/c1-26-22(25)21-16(10-7-15-8-11-17(23)12-9-15)13-19(14-20(21)24)27-18-5-3-2-4-6-18/h7-14,18,24H,2-6H2,1H3/b10-7+. The first-order valence-electron chi connectivity index (χ1n) is 9.12. The topological polar surface area (TPSA) is 55.8 Å². The average Bonchev–Trinajstić information content (AvgIpc) is 2.67. The van der Waals surface area contributed by atoms with Crippen molar-refractivity contribution in [2.75, 3.05) is 7.11 Å². The lowest BCUT2D eigenvalue weighted by Crippen LogP contribution is -2.19. The fraction of sp³-hybridized carbons (Fsp3) is 0.318. The molecule has 0 radical (unpaired) electrons. The van der Waals surface area contributed by atoms with E-state index in [0.29, 0.717) is 11.3 Å². The van der Waals surface area contributed by atoms with Crippen molar-refractivity contribution in [1.29, 1.82) is 0 Å². The van der Waals surface area contributed by atoms with E-state index in [1.807, 2.05) is 0 Å². The number of esters is 1. The first-order chi connectivity index (χ1) is 13.1. The van der Waals surface area contributed by atoms with Crippen molar-refractivity contribution in [3.8, 4) is 11.5 Å². The Labute approximate surface area is 158 Å². The summed E-state index contributed by atoms with van der Waals surface area (Å²) in [6, 6.07) is 9.16. The minimum atomic E-state index is -0.629. The number of aromatic hydroxyl groups is 1. The first kappa shape index (κ1) is 19.0. The second-order valence-corrected chi connectivity index (χ2v) is 6.66. The maximum absolute atomic E-state index is 13.1. The summed E-state index contributed by atoms with van der Waals surface area (Å²) in [5.41, 5.74) is 1.33. The van der Waals surface area contributed by atoms with Gasteiger partial charge in [0.05, 0.1) is 13.2 Å². The Morgan fingerprint density at radius 3 is 2.48 bits per heavy atom. The fourth-order valence-corrected chi connectivity index (χ4v) is 3.28. The molecule has 2 aromatic carbocycles. The molecule has 1 aliphatic carbocycles. The molecular formula is C22H23FO4. The average molecular weight is 370 g/mol. The van der Waals surface area contributed by atoms with Crippen molar-refractivity contribution in [2.24, 2.45) is 0 Å². The van der Waals surface area contributed by atoms with E-state index in [1.165, 1.54) is 31.7 Å². The van der Waals surface area contributed by atoms with Crippen LogP contribution in [-0.2, 0) is 4.74 Å². The molecule has 3 rings (SSSR count). The van der Waals surface area contributed by atoms with E-state index in [1.54, 1.807) is 30.4 Å². The number of hydrogen-bond donors (Lipinski definition) is 1. The van der Waals surface area contributed by atoms with E-state index in [4.69, 9.17) is 9.47 Å². The minimum Gasteiger partial charge on any atom is -0.507 e. The third-order valence-corrected chi connectivity index (χ3v) is 4.69. The van der Waals surface area contributed by atoms with Crippen LogP contribution >= 0.6 is 0 Å². The molecule has 1 fully saturated rings. The van der Waals surface area contributed by atoms with Crippen molar-refractivity contribution in [1.82, 2.24) is 0 Å². The number of carbonyl (C=O) groups excluding carboxylic acids is 1. The van der Waals surface area contributed by atoms with Crippen LogP contribution in [0.2, 0.25) is 0 Å². The van der Waals surface area contributed by atoms with Crippen LogP contribution in [0.3, 0.4) is 0 Å². The van der Waals surface area contributed by atoms with Crippen molar-refractivity contribution >= 4 is 18.1 Å². The van der Waals surface area contributed by atoms with Crippen molar-refractivity contribution in [3.05, 3.63) is 58.9 Å². The maximum Gasteiger partial charge on any atom is 0.342 e. The van der Waals surface area contributed by atoms with Crippen LogP contribution in [-0.4, -0.2) is 24.3 Å². The predicted octanol–water partition coefficient (Wildman–Crippen LogP) is 5.20. The smallest absolute Gasteiger partial charge is 0.342 e. The summed E-state index contributed by atoms with van der Waals surface area (Å²) in [7, 11) is 1.27. The summed E-state index contributed by atoms with van der Waals surface area (Å²) < 4.78 is 23.9. The normalized spacial score (nSPS) is 15.0. The van der Waals surface area contributed by atoms with Gasteiger partial charge in [-0.05, 0) is 55.0 Å². The molecule has 1 aliphatic rings. The number of halogens is 1. The van der Waals surface area contributed by atoms with E-state index in [9.17, 15) is 14.3 Å². The molecule has 0 bridgehead atoms. The summed E-state index contributed by atoms with van der Waals surface area (Å²) in [5, 5.41) is 10.4. The van der Waals surface area contributed by atoms with Gasteiger partial charge in [-0.1, -0.05) is 30.7 Å². The molecule has 27 heavy (non-hydrogen) atoms. The molecule has 0 spiro atoms. The number of phenolic OH excluding ortho intramolecular Hbond substituents is 1. The zero-order valence-corrected chi connectivity index (χ0v) is 15.3. The lowest BCUT2D eigenvalue weighted by Gasteiger charge is -2.23. The highest BCUT2D eigenvalue weighted by Gasteiger charge is 2.20. The molecule has 0 aliphatic heterocycles. The van der Waals surface area contributed by atoms with E-state index in [0.717, 1.165) is 31.2 Å². The van der Waals surface area contributed by atoms with Crippen LogP contribution in [0.5, 0.6) is 11.5 Å².